The van der Waals surface area contributed by atoms with Crippen molar-refractivity contribution in [2.45, 2.75) is 31.5 Å². The predicted octanol–water partition coefficient (Wildman–Crippen LogP) is 3.29. The van der Waals surface area contributed by atoms with Crippen LogP contribution in [0.1, 0.15) is 18.4 Å². The maximum Gasteiger partial charge on any atom is 0.499 e. The molecule has 0 aliphatic heterocycles. The number of nitrogens with one attached hydrogen (secondary N) is 1. The number of rotatable bonds is 8. The van der Waals surface area contributed by atoms with Crippen molar-refractivity contribution in [3.63, 3.8) is 0 Å². The van der Waals surface area contributed by atoms with Gasteiger partial charge in [0, 0.05) is 6.54 Å². The standard InChI is InChI=1S/C13H14F5NO2/c14-12(15,16)13(17,18)21-11-6-3-5-10(8-11)4-1-2-7-19-9-20/h3,5-6,8-9H,1-2,4,7H2,(H,19,20). The first-order valence-electron chi connectivity index (χ1n) is 6.16. The summed E-state index contributed by atoms with van der Waals surface area (Å²) in [6.45, 7) is 0.478. The Balaban J connectivity index is 2.58. The number of ether oxygens (including phenoxy) is 1. The SMILES string of the molecule is O=CNCCCCc1cccc(OC(F)(F)C(F)(F)F)c1. The summed E-state index contributed by atoms with van der Waals surface area (Å²) in [5.74, 6) is -0.541. The molecule has 0 aromatic heterocycles. The Hall–Kier alpha value is -1.86. The molecule has 0 fully saturated rings. The second kappa shape index (κ2) is 7.24. The minimum absolute atomic E-state index is 0.478. The van der Waals surface area contributed by atoms with Crippen LogP contribution >= 0.6 is 0 Å². The topological polar surface area (TPSA) is 38.3 Å². The smallest absolute Gasteiger partial charge is 0.426 e. The molecule has 0 aliphatic carbocycles. The zero-order valence-corrected chi connectivity index (χ0v) is 10.9. The molecule has 1 N–H and O–H groups in total. The molecule has 3 nitrogen and oxygen atoms in total. The normalized spacial score (nSPS) is 12.0. The Morgan fingerprint density at radius 2 is 1.86 bits per heavy atom. The molecule has 118 valence electrons. The van der Waals surface area contributed by atoms with Gasteiger partial charge in [-0.15, -0.1) is 0 Å². The van der Waals surface area contributed by atoms with E-state index in [9.17, 15) is 26.7 Å². The van der Waals surface area contributed by atoms with Crippen LogP contribution in [-0.2, 0) is 11.2 Å². The lowest BCUT2D eigenvalue weighted by atomic mass is 10.1. The van der Waals surface area contributed by atoms with Gasteiger partial charge in [-0.2, -0.15) is 22.0 Å². The zero-order valence-electron chi connectivity index (χ0n) is 10.9. The van der Waals surface area contributed by atoms with Crippen molar-refractivity contribution >= 4 is 6.41 Å². The maximum atomic E-state index is 12.8. The van der Waals surface area contributed by atoms with Crippen LogP contribution in [-0.4, -0.2) is 25.2 Å². The van der Waals surface area contributed by atoms with Crippen molar-refractivity contribution in [1.29, 1.82) is 0 Å². The maximum absolute atomic E-state index is 12.8. The van der Waals surface area contributed by atoms with Crippen LogP contribution in [0.15, 0.2) is 24.3 Å². The van der Waals surface area contributed by atoms with Gasteiger partial charge in [0.1, 0.15) is 5.75 Å². The monoisotopic (exact) mass is 311 g/mol. The van der Waals surface area contributed by atoms with Crippen LogP contribution < -0.4 is 10.1 Å². The van der Waals surface area contributed by atoms with Crippen molar-refractivity contribution < 1.29 is 31.5 Å². The minimum Gasteiger partial charge on any atom is -0.426 e. The molecule has 8 heteroatoms. The highest BCUT2D eigenvalue weighted by Crippen LogP contribution is 2.37. The van der Waals surface area contributed by atoms with E-state index in [1.54, 1.807) is 6.07 Å². The number of amides is 1. The summed E-state index contributed by atoms with van der Waals surface area (Å²) in [5.41, 5.74) is 0.580. The molecule has 21 heavy (non-hydrogen) atoms. The summed E-state index contributed by atoms with van der Waals surface area (Å²) in [7, 11) is 0. The average Bonchev–Trinajstić information content (AvgIpc) is 2.37. The predicted molar refractivity (Wildman–Crippen MR) is 65.1 cm³/mol. The number of carbonyl (C=O) groups excluding carboxylic acids is 1. The fourth-order valence-electron chi connectivity index (χ4n) is 1.59. The highest BCUT2D eigenvalue weighted by atomic mass is 19.4. The molecule has 0 saturated heterocycles. The lowest BCUT2D eigenvalue weighted by Gasteiger charge is -2.20. The molecule has 1 aromatic carbocycles. The van der Waals surface area contributed by atoms with E-state index in [0.717, 1.165) is 12.1 Å². The number of halogens is 5. The number of alkyl halides is 5. The summed E-state index contributed by atoms with van der Waals surface area (Å²) in [4.78, 5) is 10.0. The van der Waals surface area contributed by atoms with Crippen molar-refractivity contribution in [1.82, 2.24) is 5.32 Å². The van der Waals surface area contributed by atoms with Gasteiger partial charge in [-0.1, -0.05) is 12.1 Å². The molecule has 0 aliphatic rings. The number of aryl methyl sites for hydroxylation is 1. The fraction of sp³-hybridized carbons (Fsp3) is 0.462. The van der Waals surface area contributed by atoms with E-state index in [2.05, 4.69) is 10.1 Å². The van der Waals surface area contributed by atoms with Gasteiger partial charge < -0.3 is 10.1 Å². The summed E-state index contributed by atoms with van der Waals surface area (Å²) in [5, 5.41) is 2.46. The molecule has 1 amide bonds. The van der Waals surface area contributed by atoms with Gasteiger partial charge >= 0.3 is 12.3 Å². The summed E-state index contributed by atoms with van der Waals surface area (Å²) in [6.07, 6.45) is -8.62. The molecule has 0 spiro atoms. The van der Waals surface area contributed by atoms with Crippen molar-refractivity contribution in [3.8, 4) is 5.75 Å². The fourth-order valence-corrected chi connectivity index (χ4v) is 1.59. The second-order valence-electron chi connectivity index (χ2n) is 4.29. The third-order valence-corrected chi connectivity index (χ3v) is 2.59. The Morgan fingerprint density at radius 1 is 1.14 bits per heavy atom. The van der Waals surface area contributed by atoms with Crippen LogP contribution in [0.5, 0.6) is 5.75 Å². The number of benzene rings is 1. The Kier molecular flexibility index (Phi) is 5.92. The van der Waals surface area contributed by atoms with Crippen LogP contribution in [0.4, 0.5) is 22.0 Å². The Labute approximate surface area is 118 Å². The van der Waals surface area contributed by atoms with E-state index in [1.807, 2.05) is 0 Å². The van der Waals surface area contributed by atoms with E-state index in [4.69, 9.17) is 0 Å². The number of hydrogen-bond acceptors (Lipinski definition) is 2. The molecule has 1 rings (SSSR count). The molecule has 0 heterocycles. The largest absolute Gasteiger partial charge is 0.499 e. The van der Waals surface area contributed by atoms with E-state index < -0.39 is 18.0 Å². The average molecular weight is 311 g/mol. The van der Waals surface area contributed by atoms with E-state index in [-0.39, 0.29) is 0 Å². The Morgan fingerprint density at radius 3 is 2.48 bits per heavy atom. The van der Waals surface area contributed by atoms with Gasteiger partial charge in [-0.05, 0) is 37.0 Å². The Bertz CT molecular complexity index is 462. The summed E-state index contributed by atoms with van der Waals surface area (Å²) in [6, 6.07) is 5.14. The highest BCUT2D eigenvalue weighted by molar-refractivity contribution is 5.45. The zero-order chi connectivity index (χ0) is 15.9. The van der Waals surface area contributed by atoms with Crippen LogP contribution in [0.2, 0.25) is 0 Å². The lowest BCUT2D eigenvalue weighted by Crippen LogP contribution is -2.41. The van der Waals surface area contributed by atoms with Crippen molar-refractivity contribution in [3.05, 3.63) is 29.8 Å². The summed E-state index contributed by atoms with van der Waals surface area (Å²) < 4.78 is 65.3. The summed E-state index contributed by atoms with van der Waals surface area (Å²) >= 11 is 0. The third kappa shape index (κ3) is 5.57. The third-order valence-electron chi connectivity index (χ3n) is 2.59. The molecular weight excluding hydrogens is 297 g/mol. The first kappa shape index (κ1) is 17.2. The van der Waals surface area contributed by atoms with E-state index >= 15 is 0 Å². The van der Waals surface area contributed by atoms with Crippen molar-refractivity contribution in [2.75, 3.05) is 6.54 Å². The van der Waals surface area contributed by atoms with Gasteiger partial charge in [0.25, 0.3) is 0 Å². The van der Waals surface area contributed by atoms with Gasteiger partial charge in [0.2, 0.25) is 6.41 Å². The van der Waals surface area contributed by atoms with Gasteiger partial charge in [0.15, 0.2) is 0 Å². The van der Waals surface area contributed by atoms with Gasteiger partial charge in [0.05, 0.1) is 0 Å². The van der Waals surface area contributed by atoms with E-state index in [0.29, 0.717) is 37.8 Å². The second-order valence-corrected chi connectivity index (χ2v) is 4.29. The molecule has 0 saturated carbocycles. The highest BCUT2D eigenvalue weighted by Gasteiger charge is 2.61. The molecular formula is C13H14F5NO2. The molecule has 0 unspecified atom stereocenters. The minimum atomic E-state index is -5.76. The van der Waals surface area contributed by atoms with E-state index in [1.165, 1.54) is 6.07 Å². The lowest BCUT2D eigenvalue weighted by molar-refractivity contribution is -0.360. The molecule has 0 bridgehead atoms. The number of unbranched alkanes of at least 4 members (excludes halogenated alkanes) is 1. The van der Waals surface area contributed by atoms with Crippen LogP contribution in [0.3, 0.4) is 0 Å². The number of hydrogen-bond donors (Lipinski definition) is 1. The van der Waals surface area contributed by atoms with Crippen LogP contribution in [0.25, 0.3) is 0 Å². The first-order valence-corrected chi connectivity index (χ1v) is 6.16. The molecule has 1 aromatic rings. The molecule has 0 radical (unpaired) electrons. The van der Waals surface area contributed by atoms with Gasteiger partial charge in [-0.3, -0.25) is 4.79 Å². The molecule has 0 atom stereocenters. The van der Waals surface area contributed by atoms with Gasteiger partial charge in [-0.25, -0.2) is 0 Å². The van der Waals surface area contributed by atoms with Crippen molar-refractivity contribution in [2.24, 2.45) is 0 Å². The first-order chi connectivity index (χ1) is 9.76. The number of carbonyl (C=O) groups is 1. The van der Waals surface area contributed by atoms with Crippen LogP contribution in [0, 0.1) is 0 Å². The quantitative estimate of drug-likeness (QED) is 0.454.